The van der Waals surface area contributed by atoms with E-state index < -0.39 is 0 Å². The molecule has 0 fully saturated rings. The Kier molecular flexibility index (Phi) is 7.82. The first kappa shape index (κ1) is 19.7. The van der Waals surface area contributed by atoms with Crippen LogP contribution < -0.4 is 10.2 Å². The molecule has 2 heterocycles. The summed E-state index contributed by atoms with van der Waals surface area (Å²) in [6, 6.07) is 8.42. The highest BCUT2D eigenvalue weighted by Crippen LogP contribution is 2.29. The average molecular weight is 351 g/mol. The molecule has 4 heteroatoms. The van der Waals surface area contributed by atoms with E-state index in [0.29, 0.717) is 0 Å². The third-order valence-corrected chi connectivity index (χ3v) is 4.30. The monoisotopic (exact) mass is 350 g/mol. The summed E-state index contributed by atoms with van der Waals surface area (Å²) >= 11 is 0. The molecular weight excluding hydrogens is 320 g/mol. The van der Waals surface area contributed by atoms with Crippen LogP contribution in [0.15, 0.2) is 42.9 Å². The quantitative estimate of drug-likeness (QED) is 0.744. The molecule has 1 aromatic carbocycles. The zero-order chi connectivity index (χ0) is 18.8. The van der Waals surface area contributed by atoms with E-state index in [4.69, 9.17) is 6.42 Å². The number of imidazole rings is 1. The maximum absolute atomic E-state index is 5.47. The Hall–Kier alpha value is -2.67. The van der Waals surface area contributed by atoms with Crippen LogP contribution in [-0.2, 0) is 6.54 Å². The van der Waals surface area contributed by atoms with Crippen LogP contribution in [0.4, 0.5) is 11.4 Å². The number of hydrogen-bond donors (Lipinski definition) is 1. The largest absolute Gasteiger partial charge is 0.382 e. The molecule has 0 atom stereocenters. The van der Waals surface area contributed by atoms with Gasteiger partial charge in [-0.25, -0.2) is 4.98 Å². The Labute approximate surface area is 157 Å². The fraction of sp³-hybridized carbons (Fsp3) is 0.409. The van der Waals surface area contributed by atoms with Gasteiger partial charge in [0.2, 0.25) is 0 Å². The summed E-state index contributed by atoms with van der Waals surface area (Å²) in [5.41, 5.74) is 4.63. The van der Waals surface area contributed by atoms with Crippen molar-refractivity contribution in [1.82, 2.24) is 9.55 Å². The summed E-state index contributed by atoms with van der Waals surface area (Å²) in [6.45, 7) is 8.93. The van der Waals surface area contributed by atoms with E-state index in [1.54, 1.807) is 0 Å². The first-order valence-corrected chi connectivity index (χ1v) is 9.58. The Bertz CT molecular complexity index is 751. The number of rotatable bonds is 6. The maximum Gasteiger partial charge on any atom is 0.0993 e. The molecular formula is C22H30N4. The number of hydrogen-bond acceptors (Lipinski definition) is 3. The van der Waals surface area contributed by atoms with E-state index in [1.165, 1.54) is 11.4 Å². The number of aromatic nitrogens is 2. The van der Waals surface area contributed by atoms with Crippen molar-refractivity contribution in [2.24, 2.45) is 0 Å². The number of para-hydroxylation sites is 2. The van der Waals surface area contributed by atoms with E-state index in [9.17, 15) is 0 Å². The van der Waals surface area contributed by atoms with E-state index in [0.717, 1.165) is 50.3 Å². The average Bonchev–Trinajstić information content (AvgIpc) is 3.15. The van der Waals surface area contributed by atoms with Crippen molar-refractivity contribution in [1.29, 1.82) is 0 Å². The highest BCUT2D eigenvalue weighted by Gasteiger charge is 2.17. The van der Waals surface area contributed by atoms with Gasteiger partial charge < -0.3 is 14.8 Å². The molecule has 1 N–H and O–H groups in total. The summed E-state index contributed by atoms with van der Waals surface area (Å²) in [5.74, 6) is 2.65. The van der Waals surface area contributed by atoms with Crippen LogP contribution in [0.5, 0.6) is 0 Å². The zero-order valence-corrected chi connectivity index (χ0v) is 16.2. The lowest BCUT2D eigenvalue weighted by Crippen LogP contribution is -2.33. The lowest BCUT2D eigenvalue weighted by atomic mass is 10.2. The molecule has 0 amide bonds. The number of nitrogens with zero attached hydrogens (tertiary/aromatic N) is 3. The number of fused-ring (bicyclic) bond motifs is 1. The van der Waals surface area contributed by atoms with Gasteiger partial charge in [-0.2, -0.15) is 0 Å². The van der Waals surface area contributed by atoms with Crippen molar-refractivity contribution in [3.63, 3.8) is 0 Å². The first-order valence-electron chi connectivity index (χ1n) is 9.58. The van der Waals surface area contributed by atoms with E-state index in [-0.39, 0.29) is 0 Å². The van der Waals surface area contributed by atoms with Crippen molar-refractivity contribution in [2.45, 2.75) is 46.6 Å². The molecule has 1 aliphatic rings. The molecule has 0 saturated heterocycles. The van der Waals surface area contributed by atoms with E-state index >= 15 is 0 Å². The molecule has 138 valence electrons. The van der Waals surface area contributed by atoms with Gasteiger partial charge in [-0.05, 0) is 25.0 Å². The Morgan fingerprint density at radius 3 is 2.92 bits per heavy atom. The summed E-state index contributed by atoms with van der Waals surface area (Å²) in [7, 11) is 0. The summed E-state index contributed by atoms with van der Waals surface area (Å²) in [4.78, 5) is 6.96. The minimum absolute atomic E-state index is 0.808. The van der Waals surface area contributed by atoms with Crippen molar-refractivity contribution in [2.75, 3.05) is 23.3 Å². The molecule has 0 spiro atoms. The van der Waals surface area contributed by atoms with Crippen LogP contribution >= 0.6 is 0 Å². The molecule has 0 bridgehead atoms. The van der Waals surface area contributed by atoms with Crippen LogP contribution in [0.25, 0.3) is 5.70 Å². The molecule has 1 aliphatic heterocycles. The fourth-order valence-corrected chi connectivity index (χ4v) is 3.04. The van der Waals surface area contributed by atoms with Crippen molar-refractivity contribution < 1.29 is 0 Å². The Morgan fingerprint density at radius 2 is 2.15 bits per heavy atom. The van der Waals surface area contributed by atoms with Gasteiger partial charge in [-0.15, -0.1) is 6.42 Å². The highest BCUT2D eigenvalue weighted by molar-refractivity contribution is 5.71. The number of unbranched alkanes of at least 4 members (excludes halogenated alkanes) is 1. The third kappa shape index (κ3) is 4.92. The summed E-state index contributed by atoms with van der Waals surface area (Å²) in [5, 5.41) is 3.44. The maximum atomic E-state index is 5.47. The van der Waals surface area contributed by atoms with E-state index in [1.807, 2.05) is 26.3 Å². The standard InChI is InChI=1S/C20H24N4.C2H6/c1-3-5-9-18(8-4-2)24-15-17(22-16-24)14-23-13-12-21-19-10-6-7-11-20(19)23;1-2/h2,6-8,10-11,15-16,21H,3,5,9,12-14H2,1H3;1-2H3/b18-8+;. The van der Waals surface area contributed by atoms with Gasteiger partial charge >= 0.3 is 0 Å². The summed E-state index contributed by atoms with van der Waals surface area (Å²) in [6.07, 6.45) is 14.6. The second-order valence-corrected chi connectivity index (χ2v) is 6.04. The van der Waals surface area contributed by atoms with Crippen molar-refractivity contribution in [3.05, 3.63) is 48.6 Å². The minimum Gasteiger partial charge on any atom is -0.382 e. The second-order valence-electron chi connectivity index (χ2n) is 6.04. The summed E-state index contributed by atoms with van der Waals surface area (Å²) < 4.78 is 2.07. The van der Waals surface area contributed by atoms with Gasteiger partial charge in [0.05, 0.1) is 29.9 Å². The molecule has 1 aromatic heterocycles. The Balaban J connectivity index is 0.00000117. The van der Waals surface area contributed by atoms with Crippen molar-refractivity contribution in [3.8, 4) is 12.3 Å². The van der Waals surface area contributed by atoms with Crippen LogP contribution in [0, 0.1) is 12.3 Å². The normalized spacial score (nSPS) is 13.2. The molecule has 2 aromatic rings. The first-order chi connectivity index (χ1) is 12.8. The van der Waals surface area contributed by atoms with Crippen LogP contribution in [-0.4, -0.2) is 22.6 Å². The van der Waals surface area contributed by atoms with E-state index in [2.05, 4.69) is 63.1 Å². The topological polar surface area (TPSA) is 33.1 Å². The predicted molar refractivity (Wildman–Crippen MR) is 112 cm³/mol. The SMILES string of the molecule is C#C/C=C(\CCCC)n1cnc(CN2CCNc3ccccc32)c1.CC. The molecule has 3 rings (SSSR count). The van der Waals surface area contributed by atoms with Gasteiger partial charge in [0, 0.05) is 31.1 Å². The molecule has 4 nitrogen and oxygen atoms in total. The van der Waals surface area contributed by atoms with Gasteiger partial charge in [0.1, 0.15) is 0 Å². The fourth-order valence-electron chi connectivity index (χ4n) is 3.04. The Morgan fingerprint density at radius 1 is 1.35 bits per heavy atom. The number of benzene rings is 1. The molecule has 0 unspecified atom stereocenters. The molecule has 0 aliphatic carbocycles. The molecule has 0 radical (unpaired) electrons. The number of anilines is 2. The number of allylic oxidation sites excluding steroid dienone is 2. The predicted octanol–water partition coefficient (Wildman–Crippen LogP) is 5.01. The molecule has 26 heavy (non-hydrogen) atoms. The highest BCUT2D eigenvalue weighted by atomic mass is 15.2. The van der Waals surface area contributed by atoms with Crippen LogP contribution in [0.2, 0.25) is 0 Å². The number of terminal acetylenes is 1. The molecule has 0 saturated carbocycles. The van der Waals surface area contributed by atoms with Gasteiger partial charge in [0.25, 0.3) is 0 Å². The van der Waals surface area contributed by atoms with Gasteiger partial charge in [0.15, 0.2) is 0 Å². The minimum atomic E-state index is 0.808. The smallest absolute Gasteiger partial charge is 0.0993 e. The number of nitrogens with one attached hydrogen (secondary N) is 1. The lowest BCUT2D eigenvalue weighted by molar-refractivity contribution is 0.774. The van der Waals surface area contributed by atoms with Gasteiger partial charge in [-0.3, -0.25) is 0 Å². The lowest BCUT2D eigenvalue weighted by Gasteiger charge is -2.31. The zero-order valence-electron chi connectivity index (χ0n) is 16.2. The third-order valence-electron chi connectivity index (χ3n) is 4.30. The van der Waals surface area contributed by atoms with Crippen LogP contribution in [0.3, 0.4) is 0 Å². The van der Waals surface area contributed by atoms with Crippen molar-refractivity contribution >= 4 is 17.1 Å². The second kappa shape index (κ2) is 10.4. The van der Waals surface area contributed by atoms with Crippen LogP contribution in [0.1, 0.15) is 45.7 Å². The van der Waals surface area contributed by atoms with Gasteiger partial charge in [-0.1, -0.05) is 45.2 Å².